The third-order valence-electron chi connectivity index (χ3n) is 12.7. The van der Waals surface area contributed by atoms with Crippen molar-refractivity contribution in [2.75, 3.05) is 20.2 Å². The van der Waals surface area contributed by atoms with E-state index in [4.69, 9.17) is 4.74 Å². The van der Waals surface area contributed by atoms with Crippen LogP contribution in [0.5, 0.6) is 5.75 Å². The van der Waals surface area contributed by atoms with Gasteiger partial charge in [0.05, 0.1) is 48.5 Å². The maximum atomic E-state index is 14.6. The number of fused-ring (bicyclic) bond motifs is 1. The van der Waals surface area contributed by atoms with E-state index in [0.29, 0.717) is 67.6 Å². The van der Waals surface area contributed by atoms with E-state index >= 15 is 0 Å². The molecule has 74 heavy (non-hydrogen) atoms. The highest BCUT2D eigenvalue weighted by Crippen LogP contribution is 2.31. The minimum Gasteiger partial charge on any atom is -0.507 e. The minimum absolute atomic E-state index is 0.00475. The van der Waals surface area contributed by atoms with Gasteiger partial charge in [0, 0.05) is 113 Å². The van der Waals surface area contributed by atoms with Crippen molar-refractivity contribution >= 4 is 40.5 Å². The molecule has 6 heterocycles. The topological polar surface area (TPSA) is 210 Å². The molecule has 3 amide bonds. The van der Waals surface area contributed by atoms with Crippen molar-refractivity contribution in [3.63, 3.8) is 0 Å². The number of unbranched alkanes of at least 4 members (excludes halogenated alkanes) is 2. The van der Waals surface area contributed by atoms with E-state index in [9.17, 15) is 29.1 Å². The molecule has 18 nitrogen and oxygen atoms in total. The van der Waals surface area contributed by atoms with Crippen molar-refractivity contribution in [2.45, 2.75) is 90.4 Å². The molecule has 0 fully saturated rings. The zero-order valence-electron chi connectivity index (χ0n) is 41.4. The fraction of sp³-hybridized carbons (Fsp3) is 0.304. The number of ketones is 1. The second-order valence-electron chi connectivity index (χ2n) is 18.2. The predicted octanol–water partition coefficient (Wildman–Crippen LogP) is 6.18. The number of aryl methyl sites for hydroxylation is 1. The second-order valence-corrected chi connectivity index (χ2v) is 18.2. The van der Waals surface area contributed by atoms with E-state index in [1.165, 1.54) is 24.2 Å². The Bertz CT molecular complexity index is 2820. The Kier molecular flexibility index (Phi) is 18.2. The molecule has 1 aliphatic heterocycles. The second kappa shape index (κ2) is 25.9. The molecular weight excluding hydrogens is 939 g/mol. The van der Waals surface area contributed by atoms with Gasteiger partial charge in [-0.1, -0.05) is 60.2 Å². The number of aromatic nitrogens is 7. The number of methoxy groups -OCH3 is 1. The molecule has 5 aromatic heterocycles. The molecule has 0 radical (unpaired) electrons. The zero-order valence-corrected chi connectivity index (χ0v) is 41.4. The van der Waals surface area contributed by atoms with Crippen LogP contribution in [0, 0.1) is 0 Å². The van der Waals surface area contributed by atoms with E-state index in [1.807, 2.05) is 109 Å². The van der Waals surface area contributed by atoms with Crippen molar-refractivity contribution in [3.8, 4) is 5.75 Å². The molecule has 18 heteroatoms. The molecule has 8 rings (SSSR count). The summed E-state index contributed by atoms with van der Waals surface area (Å²) in [6.45, 7) is 2.17. The molecule has 0 saturated carbocycles. The number of ether oxygens (including phenoxy) is 1. The normalized spacial score (nSPS) is 12.8. The number of amides is 3. The number of esters is 1. The number of para-hydroxylation sites is 1. The van der Waals surface area contributed by atoms with Crippen LogP contribution in [-0.2, 0) is 80.9 Å². The van der Waals surface area contributed by atoms with E-state index in [2.05, 4.69) is 40.0 Å². The number of pyridine rings is 4. The first kappa shape index (κ1) is 52.0. The van der Waals surface area contributed by atoms with E-state index in [1.54, 1.807) is 29.5 Å². The highest BCUT2D eigenvalue weighted by molar-refractivity contribution is 6.12. The van der Waals surface area contributed by atoms with Crippen LogP contribution >= 0.6 is 0 Å². The van der Waals surface area contributed by atoms with Gasteiger partial charge in [-0.05, 0) is 79.1 Å². The number of aromatic hydroxyl groups is 1. The average molecular weight is 998 g/mol. The molecule has 1 atom stereocenters. The van der Waals surface area contributed by atoms with Crippen LogP contribution in [0.2, 0.25) is 0 Å². The Labute approximate surface area is 429 Å². The Hall–Kier alpha value is -8.35. The van der Waals surface area contributed by atoms with Gasteiger partial charge in [-0.2, -0.15) is 0 Å². The van der Waals surface area contributed by atoms with Crippen LogP contribution in [0.25, 0.3) is 11.0 Å². The van der Waals surface area contributed by atoms with Gasteiger partial charge in [-0.25, -0.2) is 9.48 Å². The Balaban J connectivity index is 1.12. The lowest BCUT2D eigenvalue weighted by Crippen LogP contribution is -2.49. The number of carbonyl (C=O) groups excluding carboxylic acids is 5. The third kappa shape index (κ3) is 14.4. The van der Waals surface area contributed by atoms with Crippen LogP contribution in [0.3, 0.4) is 0 Å². The number of hydrogen-bond acceptors (Lipinski definition) is 15. The Morgan fingerprint density at radius 1 is 0.622 bits per heavy atom. The lowest BCUT2D eigenvalue weighted by molar-refractivity contribution is -0.154. The van der Waals surface area contributed by atoms with Crippen molar-refractivity contribution < 1.29 is 33.8 Å². The molecule has 2 aromatic carbocycles. The number of hydrogen-bond donors (Lipinski definition) is 1. The van der Waals surface area contributed by atoms with Crippen molar-refractivity contribution in [3.05, 3.63) is 186 Å². The van der Waals surface area contributed by atoms with Gasteiger partial charge in [0.25, 0.3) is 11.8 Å². The SMILES string of the molecule is COC(=O)[C@H](Cc1cc(CN(Cc2ccccn2)Cc2ccccn2)c(O)c(CN(Cc2ccccn2)Cc2ccccn2)c1)N(CC(=O)CCn1nnc2ccccc21)C(=O)CCCCCN1C(=O)C=CC1=O. The predicted molar refractivity (Wildman–Crippen MR) is 274 cm³/mol. The maximum absolute atomic E-state index is 14.6. The molecule has 0 aliphatic carbocycles. The summed E-state index contributed by atoms with van der Waals surface area (Å²) in [5.74, 6) is -2.17. The summed E-state index contributed by atoms with van der Waals surface area (Å²) < 4.78 is 7.06. The van der Waals surface area contributed by atoms with Gasteiger partial charge in [0.15, 0.2) is 5.78 Å². The molecule has 380 valence electrons. The number of rotatable bonds is 27. The van der Waals surface area contributed by atoms with Crippen molar-refractivity contribution in [1.82, 2.24) is 54.5 Å². The number of nitrogens with zero attached hydrogens (tertiary/aromatic N) is 11. The third-order valence-corrected chi connectivity index (χ3v) is 12.7. The smallest absolute Gasteiger partial charge is 0.328 e. The lowest BCUT2D eigenvalue weighted by atomic mass is 9.96. The summed E-state index contributed by atoms with van der Waals surface area (Å²) in [5, 5.41) is 20.9. The van der Waals surface area contributed by atoms with Crippen LogP contribution in [0.1, 0.15) is 71.6 Å². The largest absolute Gasteiger partial charge is 0.507 e. The van der Waals surface area contributed by atoms with Gasteiger partial charge in [0.2, 0.25) is 5.91 Å². The highest BCUT2D eigenvalue weighted by Gasteiger charge is 2.33. The van der Waals surface area contributed by atoms with E-state index < -0.39 is 24.5 Å². The molecule has 7 aromatic rings. The first-order chi connectivity index (χ1) is 36.1. The number of phenols is 1. The van der Waals surface area contributed by atoms with Gasteiger partial charge in [-0.15, -0.1) is 5.10 Å². The van der Waals surface area contributed by atoms with E-state index in [0.717, 1.165) is 33.2 Å². The number of phenolic OH excluding ortho intramolecular Hbond substituents is 1. The first-order valence-electron chi connectivity index (χ1n) is 24.7. The zero-order chi connectivity index (χ0) is 51.7. The van der Waals surface area contributed by atoms with Gasteiger partial charge >= 0.3 is 5.97 Å². The highest BCUT2D eigenvalue weighted by atomic mass is 16.5. The number of carbonyl (C=O) groups is 5. The van der Waals surface area contributed by atoms with Crippen molar-refractivity contribution in [1.29, 1.82) is 0 Å². The molecule has 0 saturated heterocycles. The fourth-order valence-electron chi connectivity index (χ4n) is 9.04. The lowest BCUT2D eigenvalue weighted by Gasteiger charge is -2.31. The summed E-state index contributed by atoms with van der Waals surface area (Å²) >= 11 is 0. The first-order valence-corrected chi connectivity index (χ1v) is 24.7. The minimum atomic E-state index is -1.25. The summed E-state index contributed by atoms with van der Waals surface area (Å²) in [6, 6.07) is 32.7. The Morgan fingerprint density at radius 2 is 1.14 bits per heavy atom. The number of benzene rings is 2. The van der Waals surface area contributed by atoms with Crippen LogP contribution in [0.4, 0.5) is 0 Å². The molecule has 1 N–H and O–H groups in total. The molecule has 0 spiro atoms. The molecular formula is C56H59N11O7. The molecule has 1 aliphatic rings. The van der Waals surface area contributed by atoms with E-state index in [-0.39, 0.29) is 68.8 Å². The molecule has 0 bridgehead atoms. The standard InChI is InChI=1S/C56H59N11O7/c1-74-56(73)51(66(52(69)21-3-2-14-29-65-53(70)22-23-54(65)71)40-48(68)24-30-67-50-20-5-4-19-49(50)61-62-67)33-41-31-42(34-63(36-44-15-6-10-25-57-44)37-45-16-7-11-26-58-45)55(72)43(32-41)35-64(38-46-17-8-12-27-59-46)39-47-18-9-13-28-60-47/h4-13,15-20,22-23,25-28,31-32,51,72H,2-3,14,21,24,29-30,33-40H2,1H3/t51-/m0/s1. The monoisotopic (exact) mass is 997 g/mol. The van der Waals surface area contributed by atoms with Crippen molar-refractivity contribution in [2.24, 2.45) is 0 Å². The van der Waals surface area contributed by atoms with Gasteiger partial charge < -0.3 is 14.7 Å². The summed E-state index contributed by atoms with van der Waals surface area (Å²) in [7, 11) is 1.25. The summed E-state index contributed by atoms with van der Waals surface area (Å²) in [6.07, 6.45) is 10.7. The van der Waals surface area contributed by atoms with Crippen LogP contribution in [-0.4, -0.2) is 115 Å². The van der Waals surface area contributed by atoms with Gasteiger partial charge in [-0.3, -0.25) is 53.8 Å². The van der Waals surface area contributed by atoms with Crippen LogP contribution < -0.4 is 0 Å². The maximum Gasteiger partial charge on any atom is 0.328 e. The summed E-state index contributed by atoms with van der Waals surface area (Å²) in [5.41, 5.74) is 6.41. The average Bonchev–Trinajstić information content (AvgIpc) is 3.99. The number of imide groups is 1. The van der Waals surface area contributed by atoms with Crippen LogP contribution in [0.15, 0.2) is 146 Å². The number of Topliss-reactive ketones (excluding diaryl/α,β-unsaturated/α-hetero) is 1. The summed E-state index contributed by atoms with van der Waals surface area (Å²) in [4.78, 5) is 92.3. The molecule has 0 unspecified atom stereocenters. The Morgan fingerprint density at radius 3 is 1.64 bits per heavy atom. The van der Waals surface area contributed by atoms with Gasteiger partial charge in [0.1, 0.15) is 17.3 Å². The quantitative estimate of drug-likeness (QED) is 0.0347. The fourth-order valence-corrected chi connectivity index (χ4v) is 9.04.